The third-order valence-corrected chi connectivity index (χ3v) is 2.42. The number of piperazine rings is 1. The molecule has 4 nitrogen and oxygen atoms in total. The van der Waals surface area contributed by atoms with Gasteiger partial charge in [0.15, 0.2) is 0 Å². The molecule has 1 saturated heterocycles. The molecule has 2 rings (SSSR count). The van der Waals surface area contributed by atoms with E-state index in [4.69, 9.17) is 0 Å². The van der Waals surface area contributed by atoms with E-state index in [0.717, 1.165) is 0 Å². The number of amides is 2. The van der Waals surface area contributed by atoms with Crippen LogP contribution in [0.15, 0.2) is 24.3 Å². The Hall–Kier alpha value is -1.62. The molecule has 0 unspecified atom stereocenters. The van der Waals surface area contributed by atoms with Gasteiger partial charge in [-0.3, -0.25) is 0 Å². The first-order valence-electron chi connectivity index (χ1n) is 5.20. The molecule has 1 heterocycles. The molecular weight excluding hydrogens is 209 g/mol. The van der Waals surface area contributed by atoms with E-state index in [9.17, 15) is 9.18 Å². The van der Waals surface area contributed by atoms with Crippen LogP contribution in [-0.4, -0.2) is 37.1 Å². The molecule has 1 aliphatic rings. The van der Waals surface area contributed by atoms with E-state index < -0.39 is 0 Å². The summed E-state index contributed by atoms with van der Waals surface area (Å²) >= 11 is 0. The van der Waals surface area contributed by atoms with Crippen LogP contribution in [0.1, 0.15) is 0 Å². The number of halogens is 1. The lowest BCUT2D eigenvalue weighted by Crippen LogP contribution is -2.45. The highest BCUT2D eigenvalue weighted by atomic mass is 19.1. The Morgan fingerprint density at radius 3 is 2.81 bits per heavy atom. The van der Waals surface area contributed by atoms with Crippen molar-refractivity contribution in [2.24, 2.45) is 0 Å². The van der Waals surface area contributed by atoms with E-state index in [-0.39, 0.29) is 11.8 Å². The number of carbonyl (C=O) groups excluding carboxylic acids is 1. The summed E-state index contributed by atoms with van der Waals surface area (Å²) in [5, 5.41) is 6.81. The van der Waals surface area contributed by atoms with Gasteiger partial charge in [-0.15, -0.1) is 0 Å². The molecule has 5 heteroatoms. The van der Waals surface area contributed by atoms with Gasteiger partial charge in [-0.1, -0.05) is 6.07 Å². The van der Waals surface area contributed by atoms with Gasteiger partial charge in [-0.25, -0.2) is 14.5 Å². The first kappa shape index (κ1) is 10.9. The molecule has 0 spiro atoms. The molecule has 1 aromatic carbocycles. The predicted octanol–water partition coefficient (Wildman–Crippen LogP) is 1.28. The smallest absolute Gasteiger partial charge is 0.321 e. The van der Waals surface area contributed by atoms with Crippen molar-refractivity contribution < 1.29 is 9.18 Å². The van der Waals surface area contributed by atoms with E-state index in [1.54, 1.807) is 17.0 Å². The summed E-state index contributed by atoms with van der Waals surface area (Å²) in [7, 11) is 0. The molecule has 1 N–H and O–H groups in total. The quantitative estimate of drug-likeness (QED) is 0.764. The zero-order chi connectivity index (χ0) is 11.4. The van der Waals surface area contributed by atoms with Crippen molar-refractivity contribution in [1.29, 1.82) is 0 Å². The Labute approximate surface area is 93.4 Å². The van der Waals surface area contributed by atoms with Crippen molar-refractivity contribution in [3.63, 3.8) is 0 Å². The molecule has 1 radical (unpaired) electrons. The standard InChI is InChI=1S/C11H13FN3O/c12-9-2-1-3-10(8-9)14-11(16)15-6-4-13-5-7-15/h1-3,8H,4-7H2,(H,14,16). The van der Waals surface area contributed by atoms with Crippen molar-refractivity contribution in [3.8, 4) is 0 Å². The minimum Gasteiger partial charge on any atom is -0.322 e. The van der Waals surface area contributed by atoms with Crippen LogP contribution in [-0.2, 0) is 0 Å². The maximum atomic E-state index is 12.9. The van der Waals surface area contributed by atoms with Crippen LogP contribution in [0.2, 0.25) is 0 Å². The largest absolute Gasteiger partial charge is 0.322 e. The fourth-order valence-corrected chi connectivity index (χ4v) is 1.58. The van der Waals surface area contributed by atoms with Crippen LogP contribution < -0.4 is 10.6 Å². The van der Waals surface area contributed by atoms with Crippen LogP contribution in [0.5, 0.6) is 0 Å². The Balaban J connectivity index is 1.96. The van der Waals surface area contributed by atoms with Crippen LogP contribution >= 0.6 is 0 Å². The fourth-order valence-electron chi connectivity index (χ4n) is 1.58. The van der Waals surface area contributed by atoms with Crippen molar-refractivity contribution in [1.82, 2.24) is 10.2 Å². The van der Waals surface area contributed by atoms with Gasteiger partial charge in [0.25, 0.3) is 0 Å². The maximum Gasteiger partial charge on any atom is 0.321 e. The second-order valence-electron chi connectivity index (χ2n) is 3.60. The van der Waals surface area contributed by atoms with E-state index in [2.05, 4.69) is 10.6 Å². The number of nitrogens with zero attached hydrogens (tertiary/aromatic N) is 2. The Morgan fingerprint density at radius 2 is 2.12 bits per heavy atom. The summed E-state index contributed by atoms with van der Waals surface area (Å²) < 4.78 is 12.9. The van der Waals surface area contributed by atoms with Gasteiger partial charge in [0.2, 0.25) is 0 Å². The molecular formula is C11H13FN3O. The zero-order valence-electron chi connectivity index (χ0n) is 8.82. The lowest BCUT2D eigenvalue weighted by molar-refractivity contribution is 0.203. The SMILES string of the molecule is O=C(Nc1cccc(F)c1)N1CC[N]CC1. The Morgan fingerprint density at radius 1 is 1.38 bits per heavy atom. The molecule has 0 aromatic heterocycles. The van der Waals surface area contributed by atoms with E-state index in [0.29, 0.717) is 31.9 Å². The monoisotopic (exact) mass is 222 g/mol. The molecule has 85 valence electrons. The Kier molecular flexibility index (Phi) is 3.36. The number of nitrogens with one attached hydrogen (secondary N) is 1. The lowest BCUT2D eigenvalue weighted by atomic mass is 10.3. The zero-order valence-corrected chi connectivity index (χ0v) is 8.82. The van der Waals surface area contributed by atoms with Crippen LogP contribution in [0, 0.1) is 5.82 Å². The van der Waals surface area contributed by atoms with Crippen molar-refractivity contribution in [2.45, 2.75) is 0 Å². The normalized spacial score (nSPS) is 15.9. The van der Waals surface area contributed by atoms with Crippen molar-refractivity contribution in [3.05, 3.63) is 30.1 Å². The first-order chi connectivity index (χ1) is 7.75. The van der Waals surface area contributed by atoms with Crippen LogP contribution in [0.3, 0.4) is 0 Å². The molecule has 0 bridgehead atoms. The van der Waals surface area contributed by atoms with E-state index in [1.165, 1.54) is 12.1 Å². The summed E-state index contributed by atoms with van der Waals surface area (Å²) in [5.74, 6) is -0.355. The van der Waals surface area contributed by atoms with Gasteiger partial charge in [-0.2, -0.15) is 0 Å². The maximum absolute atomic E-state index is 12.9. The summed E-state index contributed by atoms with van der Waals surface area (Å²) in [6.45, 7) is 2.61. The number of benzene rings is 1. The van der Waals surface area contributed by atoms with Crippen molar-refractivity contribution in [2.75, 3.05) is 31.5 Å². The van der Waals surface area contributed by atoms with E-state index in [1.807, 2.05) is 0 Å². The summed E-state index contributed by atoms with van der Waals surface area (Å²) in [4.78, 5) is 13.4. The summed E-state index contributed by atoms with van der Waals surface area (Å²) in [6.07, 6.45) is 0. The number of anilines is 1. The third kappa shape index (κ3) is 2.70. The molecule has 1 fully saturated rings. The summed E-state index contributed by atoms with van der Waals surface area (Å²) in [6, 6.07) is 5.67. The van der Waals surface area contributed by atoms with Gasteiger partial charge in [0, 0.05) is 31.9 Å². The Bertz CT molecular complexity index is 377. The van der Waals surface area contributed by atoms with Gasteiger partial charge in [0.05, 0.1) is 0 Å². The minimum absolute atomic E-state index is 0.194. The first-order valence-corrected chi connectivity index (χ1v) is 5.20. The highest BCUT2D eigenvalue weighted by Crippen LogP contribution is 2.10. The lowest BCUT2D eigenvalue weighted by Gasteiger charge is -2.26. The number of rotatable bonds is 1. The number of carbonyl (C=O) groups is 1. The number of hydrogen-bond donors (Lipinski definition) is 1. The highest BCUT2D eigenvalue weighted by molar-refractivity contribution is 5.89. The van der Waals surface area contributed by atoms with Crippen LogP contribution in [0.25, 0.3) is 0 Å². The predicted molar refractivity (Wildman–Crippen MR) is 58.9 cm³/mol. The average molecular weight is 222 g/mol. The van der Waals surface area contributed by atoms with Crippen molar-refractivity contribution >= 4 is 11.7 Å². The highest BCUT2D eigenvalue weighted by Gasteiger charge is 2.16. The molecule has 2 amide bonds. The molecule has 0 aliphatic carbocycles. The van der Waals surface area contributed by atoms with Crippen LogP contribution in [0.4, 0.5) is 14.9 Å². The average Bonchev–Trinajstić information content (AvgIpc) is 2.30. The van der Waals surface area contributed by atoms with E-state index >= 15 is 0 Å². The minimum atomic E-state index is -0.355. The van der Waals surface area contributed by atoms with Gasteiger partial charge in [-0.05, 0) is 18.2 Å². The molecule has 0 saturated carbocycles. The van der Waals surface area contributed by atoms with Gasteiger partial charge >= 0.3 is 6.03 Å². The second kappa shape index (κ2) is 4.94. The molecule has 0 atom stereocenters. The molecule has 16 heavy (non-hydrogen) atoms. The number of hydrogen-bond acceptors (Lipinski definition) is 1. The second-order valence-corrected chi connectivity index (χ2v) is 3.60. The fraction of sp³-hybridized carbons (Fsp3) is 0.364. The summed E-state index contributed by atoms with van der Waals surface area (Å²) in [5.41, 5.74) is 0.479. The molecule has 1 aliphatic heterocycles. The third-order valence-electron chi connectivity index (χ3n) is 2.42. The van der Waals surface area contributed by atoms with Gasteiger partial charge in [0.1, 0.15) is 5.82 Å². The van der Waals surface area contributed by atoms with Gasteiger partial charge < -0.3 is 10.2 Å². The molecule has 1 aromatic rings. The number of urea groups is 1. The topological polar surface area (TPSA) is 46.4 Å².